The van der Waals surface area contributed by atoms with Crippen LogP contribution in [-0.2, 0) is 21.7 Å². The van der Waals surface area contributed by atoms with E-state index in [1.807, 2.05) is 0 Å². The Hall–Kier alpha value is -8.40. The lowest BCUT2D eigenvalue weighted by Gasteiger charge is -2.41. The first-order chi connectivity index (χ1) is 35.5. The van der Waals surface area contributed by atoms with Gasteiger partial charge in [-0.25, -0.2) is 0 Å². The quantitative estimate of drug-likeness (QED) is 0.175. The van der Waals surface area contributed by atoms with Gasteiger partial charge in [0.25, 0.3) is 0 Å². The van der Waals surface area contributed by atoms with Gasteiger partial charge >= 0.3 is 0 Å². The molecule has 4 aliphatic rings. The molecule has 3 heteroatoms. The summed E-state index contributed by atoms with van der Waals surface area (Å²) in [4.78, 5) is 2.50. The summed E-state index contributed by atoms with van der Waals surface area (Å²) in [5.74, 6) is 3.50. The minimum absolute atomic E-state index is 0.0784. The third-order valence-electron chi connectivity index (χ3n) is 16.3. The summed E-state index contributed by atoms with van der Waals surface area (Å²) in [6, 6.07) is 83.3. The van der Waals surface area contributed by atoms with Crippen LogP contribution in [0.2, 0.25) is 0 Å². The van der Waals surface area contributed by atoms with E-state index in [0.29, 0.717) is 0 Å². The van der Waals surface area contributed by atoms with E-state index in [1.165, 1.54) is 55.6 Å². The van der Waals surface area contributed by atoms with Crippen LogP contribution >= 0.6 is 0 Å². The monoisotopic (exact) mass is 941 g/mol. The van der Waals surface area contributed by atoms with Crippen molar-refractivity contribution in [1.82, 2.24) is 0 Å². The van der Waals surface area contributed by atoms with E-state index >= 15 is 0 Å². The lowest BCUT2D eigenvalue weighted by Crippen LogP contribution is -2.33. The van der Waals surface area contributed by atoms with Crippen LogP contribution < -0.4 is 14.4 Å². The summed E-state index contributed by atoms with van der Waals surface area (Å²) in [5.41, 5.74) is 21.2. The van der Waals surface area contributed by atoms with Crippen molar-refractivity contribution in [2.45, 2.75) is 63.2 Å². The minimum atomic E-state index is -0.697. The van der Waals surface area contributed by atoms with E-state index in [-0.39, 0.29) is 10.8 Å². The maximum Gasteiger partial charge on any atom is 0.132 e. The zero-order valence-corrected chi connectivity index (χ0v) is 42.1. The molecule has 2 spiro atoms. The Morgan fingerprint density at radius 1 is 0.301 bits per heavy atom. The number of hydrogen-bond acceptors (Lipinski definition) is 3. The molecule has 0 fully saturated rings. The van der Waals surface area contributed by atoms with Crippen LogP contribution in [0.5, 0.6) is 23.0 Å². The number of hydrogen-bond donors (Lipinski definition) is 0. The van der Waals surface area contributed by atoms with E-state index in [0.717, 1.165) is 73.4 Å². The standard InChI is InChI=1S/C70H55NO2/c1-67(2,3)45-32-36-51-52-37-33-46(68(4,5)6)41-59(52)70(58(51)40-45)57-27-15-19-31-65(57)73-66-39-35-48(43-61(66)70)71(62-28-16-11-22-49(62)44-20-8-7-9-21-44)47-34-38-53-50-23-10-12-24-54(50)69(60(53)42-47)55-25-13-17-29-63(55)72-64-30-18-14-26-56(64)69/h7-43H,1-6H3. The Morgan fingerprint density at radius 3 is 1.23 bits per heavy atom. The Morgan fingerprint density at radius 2 is 0.685 bits per heavy atom. The molecule has 14 rings (SSSR count). The second kappa shape index (κ2) is 15.6. The number of benzene rings is 10. The Balaban J connectivity index is 1.08. The molecule has 0 aromatic heterocycles. The van der Waals surface area contributed by atoms with Crippen LogP contribution in [0, 0.1) is 0 Å². The largest absolute Gasteiger partial charge is 0.457 e. The smallest absolute Gasteiger partial charge is 0.132 e. The number of ether oxygens (including phenoxy) is 2. The van der Waals surface area contributed by atoms with Gasteiger partial charge in [-0.05, 0) is 127 Å². The molecule has 2 aliphatic heterocycles. The third-order valence-corrected chi connectivity index (χ3v) is 16.3. The van der Waals surface area contributed by atoms with Crippen molar-refractivity contribution in [2.24, 2.45) is 0 Å². The fourth-order valence-electron chi connectivity index (χ4n) is 12.9. The molecule has 10 aromatic rings. The molecular weight excluding hydrogens is 887 g/mol. The predicted octanol–water partition coefficient (Wildman–Crippen LogP) is 18.4. The van der Waals surface area contributed by atoms with Crippen molar-refractivity contribution < 1.29 is 9.47 Å². The van der Waals surface area contributed by atoms with Crippen LogP contribution in [0.4, 0.5) is 17.1 Å². The Bertz CT molecular complexity index is 3790. The molecule has 0 saturated heterocycles. The van der Waals surface area contributed by atoms with Gasteiger partial charge in [0, 0.05) is 39.2 Å². The molecule has 0 unspecified atom stereocenters. The molecule has 0 atom stereocenters. The van der Waals surface area contributed by atoms with Crippen LogP contribution in [0.1, 0.15) is 97.2 Å². The van der Waals surface area contributed by atoms with Crippen LogP contribution in [0.25, 0.3) is 33.4 Å². The van der Waals surface area contributed by atoms with E-state index in [4.69, 9.17) is 9.47 Å². The highest BCUT2D eigenvalue weighted by atomic mass is 16.5. The average Bonchev–Trinajstić information content (AvgIpc) is 3.86. The molecular formula is C70H55NO2. The Kier molecular flexibility index (Phi) is 9.24. The molecule has 2 aliphatic carbocycles. The highest BCUT2D eigenvalue weighted by Gasteiger charge is 2.53. The molecule has 2 heterocycles. The van der Waals surface area contributed by atoms with E-state index < -0.39 is 10.8 Å². The number of rotatable bonds is 4. The molecule has 3 nitrogen and oxygen atoms in total. The Labute approximate surface area is 429 Å². The molecule has 0 N–H and O–H groups in total. The van der Waals surface area contributed by atoms with Gasteiger partial charge in [-0.15, -0.1) is 0 Å². The van der Waals surface area contributed by atoms with Gasteiger partial charge in [-0.2, -0.15) is 0 Å². The average molecular weight is 942 g/mol. The van der Waals surface area contributed by atoms with E-state index in [1.54, 1.807) is 0 Å². The van der Waals surface area contributed by atoms with Gasteiger partial charge in [0.15, 0.2) is 0 Å². The summed E-state index contributed by atoms with van der Waals surface area (Å²) in [6.07, 6.45) is 0. The highest BCUT2D eigenvalue weighted by Crippen LogP contribution is 2.65. The van der Waals surface area contributed by atoms with Crippen molar-refractivity contribution >= 4 is 17.1 Å². The van der Waals surface area contributed by atoms with Crippen molar-refractivity contribution in [2.75, 3.05) is 4.90 Å². The molecule has 352 valence electrons. The SMILES string of the molecule is CC(C)(C)c1ccc2c(c1)C1(c3ccccc3Oc3ccc(N(c4ccc5c(c4)C4(c6ccccc6Oc6ccccc64)c4ccccc4-5)c4ccccc4-c4ccccc4)cc31)c1cc(C(C)(C)C)ccc1-2. The highest BCUT2D eigenvalue weighted by molar-refractivity contribution is 5.95. The lowest BCUT2D eigenvalue weighted by molar-refractivity contribution is 0.436. The van der Waals surface area contributed by atoms with Gasteiger partial charge in [0.1, 0.15) is 23.0 Å². The van der Waals surface area contributed by atoms with Gasteiger partial charge in [0.2, 0.25) is 0 Å². The van der Waals surface area contributed by atoms with E-state index in [9.17, 15) is 0 Å². The van der Waals surface area contributed by atoms with Gasteiger partial charge in [-0.3, -0.25) is 0 Å². The van der Waals surface area contributed by atoms with Crippen LogP contribution in [0.15, 0.2) is 224 Å². The topological polar surface area (TPSA) is 21.7 Å². The summed E-state index contributed by atoms with van der Waals surface area (Å²) in [7, 11) is 0. The number of para-hydroxylation sites is 4. The van der Waals surface area contributed by atoms with Gasteiger partial charge in [-0.1, -0.05) is 211 Å². The third kappa shape index (κ3) is 6.12. The van der Waals surface area contributed by atoms with Crippen LogP contribution in [-0.4, -0.2) is 0 Å². The molecule has 0 saturated carbocycles. The number of nitrogens with zero attached hydrogens (tertiary/aromatic N) is 1. The van der Waals surface area contributed by atoms with E-state index in [2.05, 4.69) is 271 Å². The van der Waals surface area contributed by atoms with Crippen molar-refractivity contribution in [3.63, 3.8) is 0 Å². The second-order valence-electron chi connectivity index (χ2n) is 22.4. The predicted molar refractivity (Wildman–Crippen MR) is 299 cm³/mol. The zero-order valence-electron chi connectivity index (χ0n) is 42.1. The first-order valence-electron chi connectivity index (χ1n) is 25.7. The molecule has 0 bridgehead atoms. The maximum atomic E-state index is 7.14. The summed E-state index contributed by atoms with van der Waals surface area (Å²) >= 11 is 0. The second-order valence-corrected chi connectivity index (χ2v) is 22.4. The zero-order chi connectivity index (χ0) is 49.4. The summed E-state index contributed by atoms with van der Waals surface area (Å²) < 4.78 is 13.9. The van der Waals surface area contributed by atoms with Crippen molar-refractivity contribution in [1.29, 1.82) is 0 Å². The number of fused-ring (bicyclic) bond motifs is 18. The first-order valence-corrected chi connectivity index (χ1v) is 25.7. The molecule has 0 radical (unpaired) electrons. The molecule has 10 aromatic carbocycles. The fourth-order valence-corrected chi connectivity index (χ4v) is 12.9. The fraction of sp³-hybridized carbons (Fsp3) is 0.143. The number of anilines is 3. The maximum absolute atomic E-state index is 7.14. The molecule has 73 heavy (non-hydrogen) atoms. The first kappa shape index (κ1) is 43.4. The van der Waals surface area contributed by atoms with Crippen molar-refractivity contribution in [3.8, 4) is 56.4 Å². The van der Waals surface area contributed by atoms with Gasteiger partial charge < -0.3 is 14.4 Å². The molecule has 0 amide bonds. The van der Waals surface area contributed by atoms with Crippen LogP contribution in [0.3, 0.4) is 0 Å². The summed E-state index contributed by atoms with van der Waals surface area (Å²) in [5, 5.41) is 0. The minimum Gasteiger partial charge on any atom is -0.457 e. The lowest BCUT2D eigenvalue weighted by atomic mass is 9.65. The summed E-state index contributed by atoms with van der Waals surface area (Å²) in [6.45, 7) is 13.9. The normalized spacial score (nSPS) is 14.6. The van der Waals surface area contributed by atoms with Gasteiger partial charge in [0.05, 0.1) is 16.5 Å². The van der Waals surface area contributed by atoms with Crippen molar-refractivity contribution in [3.05, 3.63) is 280 Å².